The van der Waals surface area contributed by atoms with Crippen molar-refractivity contribution in [3.05, 3.63) is 111 Å². The van der Waals surface area contributed by atoms with Crippen LogP contribution in [0, 0.1) is 22.0 Å². The lowest BCUT2D eigenvalue weighted by molar-refractivity contribution is -0.384. The van der Waals surface area contributed by atoms with Crippen LogP contribution in [0.3, 0.4) is 0 Å². The summed E-state index contributed by atoms with van der Waals surface area (Å²) in [4.78, 5) is 52.2. The Morgan fingerprint density at radius 3 is 2.56 bits per heavy atom. The Morgan fingerprint density at radius 2 is 1.81 bits per heavy atom. The lowest BCUT2D eigenvalue weighted by atomic mass is 9.92. The van der Waals surface area contributed by atoms with E-state index >= 15 is 0 Å². The highest BCUT2D eigenvalue weighted by Crippen LogP contribution is 2.34. The maximum absolute atomic E-state index is 13.9. The Bertz CT molecular complexity index is 2590. The van der Waals surface area contributed by atoms with Gasteiger partial charge in [0.25, 0.3) is 21.6 Å². The number of benzene rings is 3. The van der Waals surface area contributed by atoms with Gasteiger partial charge in [-0.1, -0.05) is 31.5 Å². The molecule has 3 aliphatic heterocycles. The van der Waals surface area contributed by atoms with E-state index in [4.69, 9.17) is 21.1 Å². The number of sulfonamides is 1. The molecule has 18 heteroatoms. The van der Waals surface area contributed by atoms with Gasteiger partial charge in [-0.25, -0.2) is 18.1 Å². The molecule has 8 rings (SSSR count). The number of anilines is 2. The van der Waals surface area contributed by atoms with E-state index in [1.807, 2.05) is 43.0 Å². The number of pyridine rings is 1. The van der Waals surface area contributed by atoms with Crippen molar-refractivity contribution < 1.29 is 32.4 Å². The van der Waals surface area contributed by atoms with Crippen LogP contribution in [0.15, 0.2) is 84.0 Å². The predicted octanol–water partition coefficient (Wildman–Crippen LogP) is 6.61. The standard InChI is InChI=1S/C44H49ClN8O8S/c1-28(2)44(55)52-26-31-3-4-33(45)19-32(31)20-35(52)27-50-13-15-51(16-14-50)34-5-7-38(41(22-34)61-36-21-30-9-12-46-42(30)48-25-36)43(54)49-62(58,59)37-6-8-39(40(23-37)53(56)57)47-24-29-10-17-60-18-11-29/h3-9,12,19,21-23,25,28-29,35,47H,10-11,13-18,20,24,26-27H2,1-2H3,(H,46,48)(H,49,54)/t35-/m0/s1. The first-order valence-corrected chi connectivity index (χ1v) is 22.6. The molecular weight excluding hydrogens is 836 g/mol. The molecule has 326 valence electrons. The monoisotopic (exact) mass is 884 g/mol. The molecule has 1 atom stereocenters. The van der Waals surface area contributed by atoms with Gasteiger partial charge in [-0.3, -0.25) is 24.6 Å². The maximum Gasteiger partial charge on any atom is 0.293 e. The van der Waals surface area contributed by atoms with Gasteiger partial charge in [0.2, 0.25) is 5.91 Å². The summed E-state index contributed by atoms with van der Waals surface area (Å²) in [5.74, 6) is -0.306. The first-order valence-electron chi connectivity index (χ1n) is 20.8. The van der Waals surface area contributed by atoms with Crippen LogP contribution in [0.25, 0.3) is 11.0 Å². The number of amides is 2. The van der Waals surface area contributed by atoms with Crippen molar-refractivity contribution in [2.24, 2.45) is 11.8 Å². The van der Waals surface area contributed by atoms with E-state index in [1.54, 1.807) is 24.4 Å². The number of fused-ring (bicyclic) bond motifs is 2. The Labute approximate surface area is 364 Å². The zero-order valence-corrected chi connectivity index (χ0v) is 36.1. The lowest BCUT2D eigenvalue weighted by Gasteiger charge is -2.43. The molecule has 62 heavy (non-hydrogen) atoms. The van der Waals surface area contributed by atoms with Crippen molar-refractivity contribution >= 4 is 61.5 Å². The first-order chi connectivity index (χ1) is 29.8. The molecule has 3 aliphatic rings. The second-order valence-corrected chi connectivity index (χ2v) is 18.5. The summed E-state index contributed by atoms with van der Waals surface area (Å²) in [6.07, 6.45) is 5.59. The predicted molar refractivity (Wildman–Crippen MR) is 235 cm³/mol. The number of H-pyrrole nitrogens is 1. The van der Waals surface area contributed by atoms with E-state index in [-0.39, 0.29) is 40.8 Å². The minimum Gasteiger partial charge on any atom is -0.455 e. The number of nitro groups is 1. The van der Waals surface area contributed by atoms with E-state index in [2.05, 4.69) is 29.8 Å². The lowest BCUT2D eigenvalue weighted by Crippen LogP contribution is -2.55. The average molecular weight is 885 g/mol. The number of hydrogen-bond acceptors (Lipinski definition) is 12. The van der Waals surface area contributed by atoms with Crippen molar-refractivity contribution in [2.45, 2.75) is 50.6 Å². The third-order valence-corrected chi connectivity index (χ3v) is 13.4. The molecule has 0 bridgehead atoms. The quantitative estimate of drug-likeness (QED) is 0.0849. The molecule has 5 aromatic rings. The minimum atomic E-state index is -4.58. The maximum atomic E-state index is 13.9. The highest BCUT2D eigenvalue weighted by atomic mass is 35.5. The smallest absolute Gasteiger partial charge is 0.293 e. The number of halogens is 1. The molecule has 0 unspecified atom stereocenters. The number of aromatic nitrogens is 2. The number of hydrogen-bond donors (Lipinski definition) is 3. The number of aromatic amines is 1. The Morgan fingerprint density at radius 1 is 1.02 bits per heavy atom. The molecule has 5 heterocycles. The molecule has 2 fully saturated rings. The number of rotatable bonds is 13. The summed E-state index contributed by atoms with van der Waals surface area (Å²) in [5.41, 5.74) is 3.37. The molecule has 0 spiro atoms. The van der Waals surface area contributed by atoms with Gasteiger partial charge in [-0.05, 0) is 84.8 Å². The van der Waals surface area contributed by atoms with E-state index < -0.39 is 31.4 Å². The van der Waals surface area contributed by atoms with Crippen LogP contribution in [0.5, 0.6) is 11.5 Å². The van der Waals surface area contributed by atoms with Crippen LogP contribution in [0.4, 0.5) is 17.1 Å². The number of nitrogens with one attached hydrogen (secondary N) is 3. The second kappa shape index (κ2) is 18.3. The SMILES string of the molecule is CC(C)C(=O)N1Cc2ccc(Cl)cc2C[C@H]1CN1CCN(c2ccc(C(=O)NS(=O)(=O)c3ccc(NCC4CCOCC4)c([N+](=O)[O-])c3)c(Oc3cnc4[nH]ccc4c3)c2)CC1. The number of piperazine rings is 1. The minimum absolute atomic E-state index is 0.00892. The van der Waals surface area contributed by atoms with Crippen molar-refractivity contribution in [3.8, 4) is 11.5 Å². The van der Waals surface area contributed by atoms with Gasteiger partial charge >= 0.3 is 0 Å². The average Bonchev–Trinajstić information content (AvgIpc) is 3.73. The fourth-order valence-electron chi connectivity index (χ4n) is 8.36. The van der Waals surface area contributed by atoms with E-state index in [0.717, 1.165) is 41.1 Å². The summed E-state index contributed by atoms with van der Waals surface area (Å²) in [7, 11) is -4.58. The van der Waals surface area contributed by atoms with Gasteiger partial charge in [0.1, 0.15) is 22.8 Å². The summed E-state index contributed by atoms with van der Waals surface area (Å²) in [5, 5.41) is 16.6. The molecule has 0 aliphatic carbocycles. The normalized spacial score (nSPS) is 17.5. The summed E-state index contributed by atoms with van der Waals surface area (Å²) >= 11 is 6.36. The van der Waals surface area contributed by atoms with Gasteiger partial charge < -0.3 is 29.6 Å². The van der Waals surface area contributed by atoms with Crippen molar-refractivity contribution in [3.63, 3.8) is 0 Å². The fraction of sp³-hybridized carbons (Fsp3) is 0.386. The van der Waals surface area contributed by atoms with Crippen LogP contribution < -0.4 is 19.7 Å². The summed E-state index contributed by atoms with van der Waals surface area (Å²) in [6, 6.07) is 17.9. The Hall–Kier alpha value is -5.75. The molecule has 2 saturated heterocycles. The third-order valence-electron chi connectivity index (χ3n) is 11.8. The Balaban J connectivity index is 0.994. The zero-order valence-electron chi connectivity index (χ0n) is 34.5. The van der Waals surface area contributed by atoms with Crippen LogP contribution >= 0.6 is 11.6 Å². The highest BCUT2D eigenvalue weighted by Gasteiger charge is 2.34. The molecule has 3 N–H and O–H groups in total. The number of carbonyl (C=O) groups excluding carboxylic acids is 2. The van der Waals surface area contributed by atoms with E-state index in [1.165, 1.54) is 24.4 Å². The molecular formula is C44H49ClN8O8S. The van der Waals surface area contributed by atoms with Gasteiger partial charge in [-0.2, -0.15) is 0 Å². The molecule has 3 aromatic carbocycles. The largest absolute Gasteiger partial charge is 0.455 e. The number of nitrogens with zero attached hydrogens (tertiary/aromatic N) is 5. The van der Waals surface area contributed by atoms with Gasteiger partial charge in [0, 0.05) is 105 Å². The number of carbonyl (C=O) groups is 2. The van der Waals surface area contributed by atoms with Gasteiger partial charge in [0.15, 0.2) is 0 Å². The van der Waals surface area contributed by atoms with Crippen molar-refractivity contribution in [2.75, 3.05) is 62.7 Å². The van der Waals surface area contributed by atoms with Gasteiger partial charge in [0.05, 0.1) is 21.6 Å². The number of ether oxygens (including phenoxy) is 2. The van der Waals surface area contributed by atoms with Crippen LogP contribution in [0.2, 0.25) is 5.02 Å². The first kappa shape index (κ1) is 42.9. The van der Waals surface area contributed by atoms with Crippen LogP contribution in [-0.2, 0) is 32.5 Å². The van der Waals surface area contributed by atoms with Crippen LogP contribution in [0.1, 0.15) is 48.2 Å². The highest BCUT2D eigenvalue weighted by molar-refractivity contribution is 7.90. The molecule has 2 aromatic heterocycles. The molecule has 16 nitrogen and oxygen atoms in total. The summed E-state index contributed by atoms with van der Waals surface area (Å²) in [6.45, 7) is 9.52. The summed E-state index contributed by atoms with van der Waals surface area (Å²) < 4.78 is 41.1. The topological polar surface area (TPSA) is 192 Å². The number of nitro benzene ring substituents is 1. The van der Waals surface area contributed by atoms with Crippen molar-refractivity contribution in [1.82, 2.24) is 24.5 Å². The second-order valence-electron chi connectivity index (χ2n) is 16.4. The van der Waals surface area contributed by atoms with Crippen molar-refractivity contribution in [1.29, 1.82) is 0 Å². The molecule has 2 amide bonds. The third kappa shape index (κ3) is 9.65. The van der Waals surface area contributed by atoms with E-state index in [0.29, 0.717) is 81.9 Å². The zero-order chi connectivity index (χ0) is 43.5. The van der Waals surface area contributed by atoms with Gasteiger partial charge in [-0.15, -0.1) is 0 Å². The Kier molecular flexibility index (Phi) is 12.7. The molecule has 0 saturated carbocycles. The van der Waals surface area contributed by atoms with Crippen LogP contribution in [-0.4, -0.2) is 103 Å². The van der Waals surface area contributed by atoms with E-state index in [9.17, 15) is 28.1 Å². The fourth-order valence-corrected chi connectivity index (χ4v) is 9.54. The molecule has 0 radical (unpaired) electrons.